The van der Waals surface area contributed by atoms with Crippen LogP contribution in [0.15, 0.2) is 60.8 Å². The van der Waals surface area contributed by atoms with Gasteiger partial charge in [-0.3, -0.25) is 19.8 Å². The van der Waals surface area contributed by atoms with Crippen molar-refractivity contribution >= 4 is 35.2 Å². The third-order valence-electron chi connectivity index (χ3n) is 3.68. The van der Waals surface area contributed by atoms with Gasteiger partial charge < -0.3 is 4.57 Å². The summed E-state index contributed by atoms with van der Waals surface area (Å²) in [6.07, 6.45) is 4.59. The zero-order chi connectivity index (χ0) is 18.0. The number of carbonyl (C=O) groups excluding carboxylic acids is 2. The van der Waals surface area contributed by atoms with Crippen LogP contribution in [-0.2, 0) is 9.59 Å². The van der Waals surface area contributed by atoms with Crippen LogP contribution in [0.25, 0.3) is 11.8 Å². The van der Waals surface area contributed by atoms with Gasteiger partial charge in [-0.25, -0.2) is 4.39 Å². The highest BCUT2D eigenvalue weighted by Gasteiger charge is 2.32. The third-order valence-corrected chi connectivity index (χ3v) is 4.00. The number of benzene rings is 1. The topological polar surface area (TPSA) is 54.3 Å². The summed E-state index contributed by atoms with van der Waals surface area (Å²) in [6.45, 7) is 3.76. The summed E-state index contributed by atoms with van der Waals surface area (Å²) >= 11 is 5.01. The van der Waals surface area contributed by atoms with Gasteiger partial charge in [-0.2, -0.15) is 0 Å². The van der Waals surface area contributed by atoms with Gasteiger partial charge in [0.15, 0.2) is 5.11 Å². The molecular formula is C18H14FN3O2S. The molecule has 2 heterocycles. The van der Waals surface area contributed by atoms with Crippen molar-refractivity contribution in [3.8, 4) is 5.69 Å². The molecule has 0 radical (unpaired) electrons. The number of aromatic nitrogens is 1. The SMILES string of the molecule is C=CCN1C(=O)/C(=C/c2cccn2-c2ccccc2F)C(=O)NC1=S. The minimum atomic E-state index is -0.586. The summed E-state index contributed by atoms with van der Waals surface area (Å²) < 4.78 is 15.6. The maximum Gasteiger partial charge on any atom is 0.266 e. The normalized spacial score (nSPS) is 16.3. The molecule has 0 unspecified atom stereocenters. The second-order valence-electron chi connectivity index (χ2n) is 5.28. The van der Waals surface area contributed by atoms with Gasteiger partial charge in [0.1, 0.15) is 11.4 Å². The van der Waals surface area contributed by atoms with E-state index >= 15 is 0 Å². The molecule has 126 valence electrons. The van der Waals surface area contributed by atoms with Crippen molar-refractivity contribution in [2.75, 3.05) is 6.54 Å². The lowest BCUT2D eigenvalue weighted by atomic mass is 10.1. The van der Waals surface area contributed by atoms with E-state index in [0.717, 1.165) is 0 Å². The number of nitrogens with one attached hydrogen (secondary N) is 1. The van der Waals surface area contributed by atoms with Crippen molar-refractivity contribution in [1.29, 1.82) is 0 Å². The fraction of sp³-hybridized carbons (Fsp3) is 0.0556. The molecule has 1 N–H and O–H groups in total. The highest BCUT2D eigenvalue weighted by molar-refractivity contribution is 7.80. The van der Waals surface area contributed by atoms with Crippen LogP contribution in [0.3, 0.4) is 0 Å². The van der Waals surface area contributed by atoms with Gasteiger partial charge in [0.25, 0.3) is 11.8 Å². The lowest BCUT2D eigenvalue weighted by molar-refractivity contribution is -0.128. The average Bonchev–Trinajstić information content (AvgIpc) is 3.04. The fourth-order valence-corrected chi connectivity index (χ4v) is 2.77. The van der Waals surface area contributed by atoms with Crippen molar-refractivity contribution in [1.82, 2.24) is 14.8 Å². The van der Waals surface area contributed by atoms with Crippen LogP contribution in [0.5, 0.6) is 0 Å². The number of amides is 2. The third kappa shape index (κ3) is 3.14. The van der Waals surface area contributed by atoms with E-state index in [1.807, 2.05) is 0 Å². The van der Waals surface area contributed by atoms with Gasteiger partial charge in [0.2, 0.25) is 0 Å². The molecule has 1 aliphatic heterocycles. The molecule has 1 saturated heterocycles. The van der Waals surface area contributed by atoms with E-state index in [-0.39, 0.29) is 17.2 Å². The zero-order valence-electron chi connectivity index (χ0n) is 13.1. The van der Waals surface area contributed by atoms with E-state index < -0.39 is 17.6 Å². The maximum absolute atomic E-state index is 14.1. The Morgan fingerprint density at radius 3 is 2.68 bits per heavy atom. The van der Waals surface area contributed by atoms with E-state index in [9.17, 15) is 14.0 Å². The first-order chi connectivity index (χ1) is 12.0. The van der Waals surface area contributed by atoms with E-state index in [4.69, 9.17) is 12.2 Å². The van der Waals surface area contributed by atoms with Crippen LogP contribution in [0, 0.1) is 5.82 Å². The van der Waals surface area contributed by atoms with Gasteiger partial charge in [-0.15, -0.1) is 6.58 Å². The summed E-state index contributed by atoms with van der Waals surface area (Å²) in [7, 11) is 0. The molecular weight excluding hydrogens is 341 g/mol. The molecule has 0 bridgehead atoms. The van der Waals surface area contributed by atoms with E-state index in [2.05, 4.69) is 11.9 Å². The number of hydrogen-bond acceptors (Lipinski definition) is 3. The van der Waals surface area contributed by atoms with Crippen LogP contribution in [-0.4, -0.2) is 32.9 Å². The Labute approximate surface area is 149 Å². The van der Waals surface area contributed by atoms with Crippen LogP contribution in [0.1, 0.15) is 5.69 Å². The summed E-state index contributed by atoms with van der Waals surface area (Å²) in [6, 6.07) is 9.64. The lowest BCUT2D eigenvalue weighted by Crippen LogP contribution is -2.53. The quantitative estimate of drug-likeness (QED) is 0.397. The Bertz CT molecular complexity index is 917. The van der Waals surface area contributed by atoms with Gasteiger partial charge in [0.05, 0.1) is 5.69 Å². The van der Waals surface area contributed by atoms with Crippen molar-refractivity contribution in [2.24, 2.45) is 0 Å². The number of nitrogens with zero attached hydrogens (tertiary/aromatic N) is 2. The summed E-state index contributed by atoms with van der Waals surface area (Å²) in [5.74, 6) is -1.52. The van der Waals surface area contributed by atoms with Crippen LogP contribution in [0.2, 0.25) is 0 Å². The molecule has 3 rings (SSSR count). The van der Waals surface area contributed by atoms with E-state index in [1.54, 1.807) is 41.1 Å². The molecule has 7 heteroatoms. The Balaban J connectivity index is 2.04. The van der Waals surface area contributed by atoms with E-state index in [0.29, 0.717) is 11.4 Å². The van der Waals surface area contributed by atoms with Crippen LogP contribution in [0.4, 0.5) is 4.39 Å². The Morgan fingerprint density at radius 2 is 1.96 bits per heavy atom. The summed E-state index contributed by atoms with van der Waals surface area (Å²) in [5.41, 5.74) is 0.739. The lowest BCUT2D eigenvalue weighted by Gasteiger charge is -2.27. The average molecular weight is 355 g/mol. The number of para-hydroxylation sites is 1. The van der Waals surface area contributed by atoms with E-state index in [1.165, 1.54) is 23.1 Å². The van der Waals surface area contributed by atoms with Crippen molar-refractivity contribution in [3.63, 3.8) is 0 Å². The highest BCUT2D eigenvalue weighted by atomic mass is 32.1. The maximum atomic E-state index is 14.1. The molecule has 0 spiro atoms. The van der Waals surface area contributed by atoms with Crippen molar-refractivity contribution in [2.45, 2.75) is 0 Å². The summed E-state index contributed by atoms with van der Waals surface area (Å²) in [4.78, 5) is 26.0. The standard InChI is InChI=1S/C18H14FN3O2S/c1-2-9-22-17(24)13(16(23)20-18(22)25)11-12-6-5-10-21(12)15-8-4-3-7-14(15)19/h2-8,10-11H,1,9H2,(H,20,23,25)/b13-11+. The smallest absolute Gasteiger partial charge is 0.266 e. The molecule has 0 saturated carbocycles. The molecule has 1 aromatic carbocycles. The largest absolute Gasteiger partial charge is 0.314 e. The van der Waals surface area contributed by atoms with Gasteiger partial charge in [-0.1, -0.05) is 18.2 Å². The molecule has 2 amide bonds. The Morgan fingerprint density at radius 1 is 1.20 bits per heavy atom. The zero-order valence-corrected chi connectivity index (χ0v) is 13.9. The first kappa shape index (κ1) is 16.8. The molecule has 25 heavy (non-hydrogen) atoms. The number of halogens is 1. The summed E-state index contributed by atoms with van der Waals surface area (Å²) in [5, 5.41) is 2.51. The van der Waals surface area contributed by atoms with Crippen LogP contribution < -0.4 is 5.32 Å². The van der Waals surface area contributed by atoms with Crippen molar-refractivity contribution < 1.29 is 14.0 Å². The predicted molar refractivity (Wildman–Crippen MR) is 96.4 cm³/mol. The number of thiocarbonyl (C=S) groups is 1. The molecule has 0 aliphatic carbocycles. The fourth-order valence-electron chi connectivity index (χ4n) is 2.51. The van der Waals surface area contributed by atoms with Gasteiger partial charge >= 0.3 is 0 Å². The van der Waals surface area contributed by atoms with Gasteiger partial charge in [0, 0.05) is 18.4 Å². The Hall–Kier alpha value is -3.06. The molecule has 1 aliphatic rings. The van der Waals surface area contributed by atoms with Gasteiger partial charge in [-0.05, 0) is 42.6 Å². The molecule has 1 fully saturated rings. The molecule has 5 nitrogen and oxygen atoms in total. The number of hydrogen-bond donors (Lipinski definition) is 1. The second kappa shape index (κ2) is 6.82. The van der Waals surface area contributed by atoms with Crippen LogP contribution >= 0.6 is 12.2 Å². The second-order valence-corrected chi connectivity index (χ2v) is 5.66. The molecule has 0 atom stereocenters. The minimum absolute atomic E-state index is 0.0385. The molecule has 2 aromatic rings. The monoisotopic (exact) mass is 355 g/mol. The molecule has 1 aromatic heterocycles. The first-order valence-electron chi connectivity index (χ1n) is 7.45. The predicted octanol–water partition coefficient (Wildman–Crippen LogP) is 2.43. The Kier molecular flexibility index (Phi) is 4.58. The number of carbonyl (C=O) groups is 2. The first-order valence-corrected chi connectivity index (χ1v) is 7.85. The number of rotatable bonds is 4. The minimum Gasteiger partial charge on any atom is -0.314 e. The highest BCUT2D eigenvalue weighted by Crippen LogP contribution is 2.20. The van der Waals surface area contributed by atoms with Crippen molar-refractivity contribution in [3.05, 3.63) is 72.3 Å².